The first-order valence-corrected chi connectivity index (χ1v) is 6.54. The van der Waals surface area contributed by atoms with Crippen molar-refractivity contribution in [1.82, 2.24) is 5.32 Å². The van der Waals surface area contributed by atoms with E-state index < -0.39 is 0 Å². The highest BCUT2D eigenvalue weighted by Gasteiger charge is 2.31. The summed E-state index contributed by atoms with van der Waals surface area (Å²) in [5, 5.41) is 3.82. The Morgan fingerprint density at radius 1 is 1.00 bits per heavy atom. The molecule has 2 aliphatic rings. The highest BCUT2D eigenvalue weighted by molar-refractivity contribution is 4.88. The van der Waals surface area contributed by atoms with Gasteiger partial charge in [0, 0.05) is 18.7 Å². The van der Waals surface area contributed by atoms with Gasteiger partial charge in [0.25, 0.3) is 0 Å². The molecule has 0 bridgehead atoms. The SMILES string of the molecule is CC1CCC(C)C(NC2CCOC2C)C1. The van der Waals surface area contributed by atoms with Gasteiger partial charge < -0.3 is 10.1 Å². The highest BCUT2D eigenvalue weighted by Crippen LogP contribution is 2.29. The van der Waals surface area contributed by atoms with E-state index in [4.69, 9.17) is 4.74 Å². The van der Waals surface area contributed by atoms with E-state index in [9.17, 15) is 0 Å². The van der Waals surface area contributed by atoms with Gasteiger partial charge in [-0.05, 0) is 38.0 Å². The van der Waals surface area contributed by atoms with Crippen molar-refractivity contribution in [2.45, 2.75) is 64.6 Å². The van der Waals surface area contributed by atoms with Crippen molar-refractivity contribution in [3.8, 4) is 0 Å². The van der Waals surface area contributed by atoms with Gasteiger partial charge in [-0.15, -0.1) is 0 Å². The fourth-order valence-corrected chi connectivity index (χ4v) is 2.99. The lowest BCUT2D eigenvalue weighted by atomic mass is 9.79. The molecular weight excluding hydrogens is 186 g/mol. The first-order chi connectivity index (χ1) is 7.16. The second-order valence-electron chi connectivity index (χ2n) is 5.64. The zero-order valence-corrected chi connectivity index (χ0v) is 10.3. The topological polar surface area (TPSA) is 21.3 Å². The van der Waals surface area contributed by atoms with E-state index >= 15 is 0 Å². The summed E-state index contributed by atoms with van der Waals surface area (Å²) in [6.07, 6.45) is 5.76. The highest BCUT2D eigenvalue weighted by atomic mass is 16.5. The third-order valence-electron chi connectivity index (χ3n) is 4.26. The predicted octanol–water partition coefficient (Wildman–Crippen LogP) is 2.58. The molecule has 1 saturated heterocycles. The normalized spacial score (nSPS) is 47.0. The maximum Gasteiger partial charge on any atom is 0.0700 e. The summed E-state index contributed by atoms with van der Waals surface area (Å²) in [7, 11) is 0. The number of nitrogens with one attached hydrogen (secondary N) is 1. The van der Waals surface area contributed by atoms with Gasteiger partial charge in [0.1, 0.15) is 0 Å². The van der Waals surface area contributed by atoms with Crippen LogP contribution in [0.25, 0.3) is 0 Å². The van der Waals surface area contributed by atoms with Gasteiger partial charge in [-0.3, -0.25) is 0 Å². The third-order valence-corrected chi connectivity index (χ3v) is 4.26. The molecule has 0 aromatic carbocycles. The Balaban J connectivity index is 1.86. The molecule has 2 heteroatoms. The molecular formula is C13H25NO. The van der Waals surface area contributed by atoms with Gasteiger partial charge in [0.2, 0.25) is 0 Å². The molecule has 0 amide bonds. The monoisotopic (exact) mass is 211 g/mol. The van der Waals surface area contributed by atoms with Crippen LogP contribution in [-0.2, 0) is 4.74 Å². The fourth-order valence-electron chi connectivity index (χ4n) is 2.99. The Labute approximate surface area is 93.8 Å². The Bertz CT molecular complexity index is 207. The molecule has 1 aliphatic heterocycles. The van der Waals surface area contributed by atoms with Crippen LogP contribution in [0.2, 0.25) is 0 Å². The zero-order chi connectivity index (χ0) is 10.8. The van der Waals surface area contributed by atoms with Crippen LogP contribution in [-0.4, -0.2) is 24.8 Å². The summed E-state index contributed by atoms with van der Waals surface area (Å²) in [5.74, 6) is 1.74. The van der Waals surface area contributed by atoms with Gasteiger partial charge in [0.05, 0.1) is 6.10 Å². The molecule has 1 saturated carbocycles. The molecule has 2 rings (SSSR count). The Morgan fingerprint density at radius 2 is 1.80 bits per heavy atom. The van der Waals surface area contributed by atoms with Gasteiger partial charge in [0.15, 0.2) is 0 Å². The lowest BCUT2D eigenvalue weighted by Gasteiger charge is -2.36. The summed E-state index contributed by atoms with van der Waals surface area (Å²) in [6, 6.07) is 1.32. The van der Waals surface area contributed by atoms with Crippen molar-refractivity contribution in [3.63, 3.8) is 0 Å². The van der Waals surface area contributed by atoms with E-state index in [0.717, 1.165) is 24.5 Å². The van der Waals surface area contributed by atoms with E-state index in [0.29, 0.717) is 12.1 Å². The molecule has 1 N–H and O–H groups in total. The molecule has 5 atom stereocenters. The molecule has 1 heterocycles. The largest absolute Gasteiger partial charge is 0.377 e. The van der Waals surface area contributed by atoms with Crippen LogP contribution in [0.3, 0.4) is 0 Å². The van der Waals surface area contributed by atoms with Gasteiger partial charge in [-0.1, -0.05) is 20.3 Å². The van der Waals surface area contributed by atoms with Crippen molar-refractivity contribution in [2.24, 2.45) is 11.8 Å². The minimum absolute atomic E-state index is 0.412. The molecule has 2 fully saturated rings. The van der Waals surface area contributed by atoms with Gasteiger partial charge >= 0.3 is 0 Å². The van der Waals surface area contributed by atoms with Gasteiger partial charge in [-0.2, -0.15) is 0 Å². The van der Waals surface area contributed by atoms with E-state index in [2.05, 4.69) is 26.1 Å². The molecule has 0 aromatic rings. The van der Waals surface area contributed by atoms with Crippen LogP contribution < -0.4 is 5.32 Å². The lowest BCUT2D eigenvalue weighted by molar-refractivity contribution is 0.104. The zero-order valence-electron chi connectivity index (χ0n) is 10.3. The van der Waals surface area contributed by atoms with Crippen molar-refractivity contribution in [3.05, 3.63) is 0 Å². The molecule has 0 radical (unpaired) electrons. The molecule has 15 heavy (non-hydrogen) atoms. The molecule has 0 spiro atoms. The second-order valence-corrected chi connectivity index (χ2v) is 5.64. The van der Waals surface area contributed by atoms with E-state index in [1.54, 1.807) is 0 Å². The van der Waals surface area contributed by atoms with Gasteiger partial charge in [-0.25, -0.2) is 0 Å². The van der Waals surface area contributed by atoms with Crippen molar-refractivity contribution >= 4 is 0 Å². The average molecular weight is 211 g/mol. The third kappa shape index (κ3) is 2.73. The molecule has 1 aliphatic carbocycles. The molecule has 5 unspecified atom stereocenters. The lowest BCUT2D eigenvalue weighted by Crippen LogP contribution is -2.47. The van der Waals surface area contributed by atoms with E-state index in [1.807, 2.05) is 0 Å². The van der Waals surface area contributed by atoms with E-state index in [-0.39, 0.29) is 0 Å². The second kappa shape index (κ2) is 4.84. The standard InChI is InChI=1S/C13H25NO/c1-9-4-5-10(2)13(8-9)14-12-6-7-15-11(12)3/h9-14H,4-8H2,1-3H3. The van der Waals surface area contributed by atoms with Crippen LogP contribution >= 0.6 is 0 Å². The molecule has 0 aromatic heterocycles. The van der Waals surface area contributed by atoms with Crippen LogP contribution in [0.1, 0.15) is 46.5 Å². The predicted molar refractivity (Wildman–Crippen MR) is 62.9 cm³/mol. The van der Waals surface area contributed by atoms with Crippen molar-refractivity contribution < 1.29 is 4.74 Å². The van der Waals surface area contributed by atoms with E-state index in [1.165, 1.54) is 25.7 Å². The molecule has 88 valence electrons. The van der Waals surface area contributed by atoms with Crippen LogP contribution in [0.4, 0.5) is 0 Å². The Kier molecular flexibility index (Phi) is 3.68. The van der Waals surface area contributed by atoms with Crippen LogP contribution in [0.15, 0.2) is 0 Å². The van der Waals surface area contributed by atoms with Crippen molar-refractivity contribution in [1.29, 1.82) is 0 Å². The molecule has 2 nitrogen and oxygen atoms in total. The summed E-state index contributed by atoms with van der Waals surface area (Å²) >= 11 is 0. The quantitative estimate of drug-likeness (QED) is 0.758. The minimum atomic E-state index is 0.412. The van der Waals surface area contributed by atoms with Crippen LogP contribution in [0, 0.1) is 11.8 Å². The van der Waals surface area contributed by atoms with Crippen LogP contribution in [0.5, 0.6) is 0 Å². The fraction of sp³-hybridized carbons (Fsp3) is 1.00. The summed E-state index contributed by atoms with van der Waals surface area (Å²) in [4.78, 5) is 0. The summed E-state index contributed by atoms with van der Waals surface area (Å²) < 4.78 is 5.61. The summed E-state index contributed by atoms with van der Waals surface area (Å²) in [5.41, 5.74) is 0. The average Bonchev–Trinajstić information content (AvgIpc) is 2.58. The first kappa shape index (κ1) is 11.4. The number of hydrogen-bond donors (Lipinski definition) is 1. The number of hydrogen-bond acceptors (Lipinski definition) is 2. The maximum absolute atomic E-state index is 5.61. The first-order valence-electron chi connectivity index (χ1n) is 6.54. The maximum atomic E-state index is 5.61. The number of rotatable bonds is 2. The Morgan fingerprint density at radius 3 is 2.47 bits per heavy atom. The summed E-state index contributed by atoms with van der Waals surface area (Å²) in [6.45, 7) is 7.91. The van der Waals surface area contributed by atoms with Crippen molar-refractivity contribution in [2.75, 3.05) is 6.61 Å². The smallest absolute Gasteiger partial charge is 0.0700 e. The Hall–Kier alpha value is -0.0800. The minimum Gasteiger partial charge on any atom is -0.377 e. The number of ether oxygens (including phenoxy) is 1.